The first-order chi connectivity index (χ1) is 19.6. The highest BCUT2D eigenvalue weighted by molar-refractivity contribution is 7.85. The number of amides is 1. The third-order valence-electron chi connectivity index (χ3n) is 8.13. The molecule has 1 N–H and O–H groups in total. The highest BCUT2D eigenvalue weighted by Gasteiger charge is 2.47. The molecule has 41 heavy (non-hydrogen) atoms. The molecule has 2 aliphatic heterocycles. The summed E-state index contributed by atoms with van der Waals surface area (Å²) in [5.41, 5.74) is 3.94. The van der Waals surface area contributed by atoms with Crippen LogP contribution in [0.5, 0.6) is 5.75 Å². The van der Waals surface area contributed by atoms with E-state index in [1.807, 2.05) is 13.0 Å². The van der Waals surface area contributed by atoms with Crippen molar-refractivity contribution in [3.63, 3.8) is 0 Å². The smallest absolute Gasteiger partial charge is 0.415 e. The van der Waals surface area contributed by atoms with Gasteiger partial charge in [-0.25, -0.2) is 9.18 Å². The number of ether oxygens (including phenoxy) is 2. The molecular weight excluding hydrogens is 549 g/mol. The van der Waals surface area contributed by atoms with Crippen LogP contribution in [0.25, 0.3) is 11.3 Å². The van der Waals surface area contributed by atoms with Crippen LogP contribution in [0, 0.1) is 5.82 Å². The molecule has 1 saturated carbocycles. The molecule has 3 heterocycles. The summed E-state index contributed by atoms with van der Waals surface area (Å²) < 4.78 is 57.4. The number of likely N-dealkylation sites (tertiary alicyclic amines) is 1. The van der Waals surface area contributed by atoms with Crippen molar-refractivity contribution in [2.75, 3.05) is 31.1 Å². The van der Waals surface area contributed by atoms with E-state index in [0.29, 0.717) is 44.1 Å². The predicted molar refractivity (Wildman–Crippen MR) is 150 cm³/mol. The molecule has 0 unspecified atom stereocenters. The molecule has 3 fully saturated rings. The maximum atomic E-state index is 13.5. The van der Waals surface area contributed by atoms with Gasteiger partial charge in [-0.05, 0) is 79.8 Å². The number of halogens is 1. The zero-order chi connectivity index (χ0) is 28.8. The third-order valence-corrected chi connectivity index (χ3v) is 9.00. The van der Waals surface area contributed by atoms with Crippen molar-refractivity contribution in [1.82, 2.24) is 9.88 Å². The van der Waals surface area contributed by atoms with E-state index in [-0.39, 0.29) is 10.7 Å². The monoisotopic (exact) mass is 581 g/mol. The van der Waals surface area contributed by atoms with E-state index in [9.17, 15) is 22.2 Å². The van der Waals surface area contributed by atoms with Crippen molar-refractivity contribution in [2.24, 2.45) is 0 Å². The van der Waals surface area contributed by atoms with Crippen LogP contribution in [0.2, 0.25) is 0 Å². The Morgan fingerprint density at radius 3 is 2.46 bits per heavy atom. The Bertz CT molecular complexity index is 1550. The Morgan fingerprint density at radius 2 is 1.85 bits per heavy atom. The molecule has 0 bridgehead atoms. The minimum atomic E-state index is -4.31. The van der Waals surface area contributed by atoms with Gasteiger partial charge in [0.1, 0.15) is 17.2 Å². The van der Waals surface area contributed by atoms with E-state index >= 15 is 0 Å². The molecule has 9 nitrogen and oxygen atoms in total. The Hall–Kier alpha value is -3.54. The molecule has 0 atom stereocenters. The quantitative estimate of drug-likeness (QED) is 0.352. The number of piperidine rings is 1. The Labute approximate surface area is 238 Å². The summed E-state index contributed by atoms with van der Waals surface area (Å²) >= 11 is 0. The lowest BCUT2D eigenvalue weighted by molar-refractivity contribution is -0.00111. The SMILES string of the molecule is CCOc1cc(-c2ccc(F)cn2)c(C2CC2)cc1CN1CCC2(CC1)CN(c1ccc(S(=O)(=O)O)cc1)C(=O)O2. The predicted octanol–water partition coefficient (Wildman–Crippen LogP) is 5.40. The number of benzene rings is 2. The van der Waals surface area contributed by atoms with Gasteiger partial charge >= 0.3 is 6.09 Å². The molecule has 11 heteroatoms. The van der Waals surface area contributed by atoms with Crippen molar-refractivity contribution in [2.45, 2.75) is 55.6 Å². The first kappa shape index (κ1) is 27.6. The van der Waals surface area contributed by atoms with Gasteiger partial charge in [0.05, 0.1) is 29.9 Å². The van der Waals surface area contributed by atoms with Crippen molar-refractivity contribution in [1.29, 1.82) is 0 Å². The number of anilines is 1. The summed E-state index contributed by atoms with van der Waals surface area (Å²) in [5.74, 6) is 0.897. The van der Waals surface area contributed by atoms with E-state index < -0.39 is 21.8 Å². The molecule has 3 aromatic rings. The van der Waals surface area contributed by atoms with Crippen LogP contribution in [0.15, 0.2) is 59.6 Å². The maximum absolute atomic E-state index is 13.5. The summed E-state index contributed by atoms with van der Waals surface area (Å²) in [5, 5.41) is 0. The highest BCUT2D eigenvalue weighted by atomic mass is 32.2. The molecule has 1 aromatic heterocycles. The first-order valence-corrected chi connectivity index (χ1v) is 15.3. The average molecular weight is 582 g/mol. The number of aromatic nitrogens is 1. The summed E-state index contributed by atoms with van der Waals surface area (Å²) in [6.07, 6.45) is 4.35. The summed E-state index contributed by atoms with van der Waals surface area (Å²) in [4.78, 5) is 20.7. The van der Waals surface area contributed by atoms with Gasteiger partial charge in [-0.15, -0.1) is 0 Å². The van der Waals surface area contributed by atoms with Crippen LogP contribution in [0.4, 0.5) is 14.9 Å². The number of carbonyl (C=O) groups excluding carboxylic acids is 1. The lowest BCUT2D eigenvalue weighted by atomic mass is 9.90. The van der Waals surface area contributed by atoms with Gasteiger partial charge in [-0.3, -0.25) is 19.3 Å². The van der Waals surface area contributed by atoms with Crippen LogP contribution in [0.1, 0.15) is 49.7 Å². The van der Waals surface area contributed by atoms with E-state index in [0.717, 1.165) is 48.5 Å². The van der Waals surface area contributed by atoms with E-state index in [4.69, 9.17) is 9.47 Å². The normalized spacial score (nSPS) is 19.0. The largest absolute Gasteiger partial charge is 0.494 e. The molecule has 3 aliphatic rings. The molecule has 2 aromatic carbocycles. The van der Waals surface area contributed by atoms with E-state index in [1.165, 1.54) is 47.0 Å². The molecule has 1 aliphatic carbocycles. The molecule has 1 spiro atoms. The van der Waals surface area contributed by atoms with Crippen molar-refractivity contribution in [3.8, 4) is 17.0 Å². The topological polar surface area (TPSA) is 109 Å². The van der Waals surface area contributed by atoms with Crippen LogP contribution < -0.4 is 9.64 Å². The third kappa shape index (κ3) is 5.79. The summed E-state index contributed by atoms with van der Waals surface area (Å²) in [6, 6.07) is 13.0. The number of hydrogen-bond donors (Lipinski definition) is 1. The van der Waals surface area contributed by atoms with Crippen LogP contribution in [-0.4, -0.2) is 60.8 Å². The number of pyridine rings is 1. The molecule has 0 radical (unpaired) electrons. The fraction of sp³-hybridized carbons (Fsp3) is 0.400. The maximum Gasteiger partial charge on any atom is 0.415 e. The fourth-order valence-electron chi connectivity index (χ4n) is 5.79. The summed E-state index contributed by atoms with van der Waals surface area (Å²) in [6.45, 7) is 5.00. The second kappa shape index (κ2) is 10.7. The van der Waals surface area contributed by atoms with Crippen LogP contribution in [0.3, 0.4) is 0 Å². The Kier molecular flexibility index (Phi) is 7.21. The second-order valence-electron chi connectivity index (χ2n) is 11.0. The first-order valence-electron chi connectivity index (χ1n) is 13.9. The van der Waals surface area contributed by atoms with Gasteiger partial charge in [-0.1, -0.05) is 0 Å². The molecule has 2 saturated heterocycles. The molecule has 1 amide bonds. The summed E-state index contributed by atoms with van der Waals surface area (Å²) in [7, 11) is -4.31. The number of rotatable bonds is 8. The van der Waals surface area contributed by atoms with Crippen LogP contribution in [-0.2, 0) is 21.4 Å². The lowest BCUT2D eigenvalue weighted by Crippen LogP contribution is -2.46. The highest BCUT2D eigenvalue weighted by Crippen LogP contribution is 2.46. The van der Waals surface area contributed by atoms with E-state index in [2.05, 4.69) is 16.0 Å². The number of nitrogens with zero attached hydrogens (tertiary/aromatic N) is 3. The Balaban J connectivity index is 1.17. The minimum Gasteiger partial charge on any atom is -0.494 e. The standard InChI is InChI=1S/C30H32FN3O6S/c1-2-39-28-16-26(27-10-5-22(31)17-32-27)25(20-3-4-20)15-21(28)18-33-13-11-30(12-14-33)19-34(29(35)40-30)23-6-8-24(9-7-23)41(36,37)38/h5-10,15-17,20H,2-4,11-14,18-19H2,1H3,(H,36,37,38). The van der Waals surface area contributed by atoms with Gasteiger partial charge in [0.2, 0.25) is 0 Å². The number of carbonyl (C=O) groups is 1. The van der Waals surface area contributed by atoms with E-state index in [1.54, 1.807) is 6.07 Å². The lowest BCUT2D eigenvalue weighted by Gasteiger charge is -2.37. The zero-order valence-electron chi connectivity index (χ0n) is 22.8. The number of hydrogen-bond acceptors (Lipinski definition) is 7. The van der Waals surface area contributed by atoms with Gasteiger partial charge in [0, 0.05) is 49.3 Å². The van der Waals surface area contributed by atoms with Gasteiger partial charge < -0.3 is 9.47 Å². The van der Waals surface area contributed by atoms with Gasteiger partial charge in [0.25, 0.3) is 10.1 Å². The zero-order valence-corrected chi connectivity index (χ0v) is 23.6. The fourth-order valence-corrected chi connectivity index (χ4v) is 6.27. The van der Waals surface area contributed by atoms with Gasteiger partial charge in [-0.2, -0.15) is 8.42 Å². The van der Waals surface area contributed by atoms with Gasteiger partial charge in [0.15, 0.2) is 0 Å². The van der Waals surface area contributed by atoms with Crippen molar-refractivity contribution < 1.29 is 31.6 Å². The molecule has 6 rings (SSSR count). The van der Waals surface area contributed by atoms with Crippen molar-refractivity contribution in [3.05, 3.63) is 71.7 Å². The van der Waals surface area contributed by atoms with Crippen LogP contribution >= 0.6 is 0 Å². The second-order valence-corrected chi connectivity index (χ2v) is 12.4. The molecule has 216 valence electrons. The Morgan fingerprint density at radius 1 is 1.12 bits per heavy atom. The van der Waals surface area contributed by atoms with Crippen molar-refractivity contribution >= 4 is 21.9 Å². The average Bonchev–Trinajstić information content (AvgIpc) is 3.74. The minimum absolute atomic E-state index is 0.227. The molecular formula is C30H32FN3O6S.